The van der Waals surface area contributed by atoms with Crippen LogP contribution in [0.3, 0.4) is 0 Å². The first-order valence-electron chi connectivity index (χ1n) is 4.34. The molecule has 2 N–H and O–H groups in total. The molecule has 1 unspecified atom stereocenters. The molecule has 1 rings (SSSR count). The van der Waals surface area contributed by atoms with E-state index in [2.05, 4.69) is 4.98 Å². The van der Waals surface area contributed by atoms with Gasteiger partial charge in [-0.1, -0.05) is 6.07 Å². The first-order chi connectivity index (χ1) is 6.49. The average Bonchev–Trinajstić information content (AvgIpc) is 2.02. The van der Waals surface area contributed by atoms with Crippen molar-refractivity contribution < 1.29 is 8.42 Å². The second-order valence-electron chi connectivity index (χ2n) is 3.39. The third kappa shape index (κ3) is 3.85. The van der Waals surface area contributed by atoms with Gasteiger partial charge in [0.1, 0.15) is 0 Å². The van der Waals surface area contributed by atoms with Crippen LogP contribution in [0.25, 0.3) is 0 Å². The molecule has 0 radical (unpaired) electrons. The standard InChI is InChI=1S/C9H14N2O2S/c1-8(10)6-14(12,13)7-9-3-2-4-11-5-9/h2-5,8H,6-7,10H2,1H3. The van der Waals surface area contributed by atoms with E-state index < -0.39 is 9.84 Å². The highest BCUT2D eigenvalue weighted by Gasteiger charge is 2.13. The van der Waals surface area contributed by atoms with Crippen LogP contribution in [0.1, 0.15) is 12.5 Å². The van der Waals surface area contributed by atoms with Gasteiger partial charge in [-0.25, -0.2) is 8.42 Å². The van der Waals surface area contributed by atoms with Crippen molar-refractivity contribution in [1.29, 1.82) is 0 Å². The molecule has 4 nitrogen and oxygen atoms in total. The van der Waals surface area contributed by atoms with E-state index in [1.54, 1.807) is 31.5 Å². The second-order valence-corrected chi connectivity index (χ2v) is 5.50. The topological polar surface area (TPSA) is 73.1 Å². The van der Waals surface area contributed by atoms with Crippen molar-refractivity contribution in [3.05, 3.63) is 30.1 Å². The molecule has 0 aliphatic heterocycles. The number of hydrogen-bond acceptors (Lipinski definition) is 4. The highest BCUT2D eigenvalue weighted by molar-refractivity contribution is 7.90. The van der Waals surface area contributed by atoms with E-state index in [0.717, 1.165) is 0 Å². The molecule has 0 amide bonds. The van der Waals surface area contributed by atoms with Crippen molar-refractivity contribution in [2.24, 2.45) is 5.73 Å². The lowest BCUT2D eigenvalue weighted by Gasteiger charge is -2.06. The fourth-order valence-corrected chi connectivity index (χ4v) is 2.79. The van der Waals surface area contributed by atoms with Crippen LogP contribution >= 0.6 is 0 Å². The second kappa shape index (κ2) is 4.52. The van der Waals surface area contributed by atoms with Gasteiger partial charge in [0.05, 0.1) is 11.5 Å². The fraction of sp³-hybridized carbons (Fsp3) is 0.444. The summed E-state index contributed by atoms with van der Waals surface area (Å²) in [7, 11) is -3.10. The molecule has 0 aromatic carbocycles. The predicted molar refractivity (Wildman–Crippen MR) is 55.4 cm³/mol. The molecular formula is C9H14N2O2S. The van der Waals surface area contributed by atoms with Crippen LogP contribution < -0.4 is 5.73 Å². The lowest BCUT2D eigenvalue weighted by molar-refractivity contribution is 0.589. The maximum Gasteiger partial charge on any atom is 0.156 e. The van der Waals surface area contributed by atoms with E-state index in [1.807, 2.05) is 0 Å². The average molecular weight is 214 g/mol. The van der Waals surface area contributed by atoms with Crippen molar-refractivity contribution in [3.8, 4) is 0 Å². The monoisotopic (exact) mass is 214 g/mol. The summed E-state index contributed by atoms with van der Waals surface area (Å²) in [4.78, 5) is 3.85. The van der Waals surface area contributed by atoms with E-state index in [4.69, 9.17) is 5.73 Å². The van der Waals surface area contributed by atoms with Gasteiger partial charge in [0.2, 0.25) is 0 Å². The SMILES string of the molecule is CC(N)CS(=O)(=O)Cc1cccnc1. The highest BCUT2D eigenvalue weighted by atomic mass is 32.2. The Morgan fingerprint density at radius 3 is 2.79 bits per heavy atom. The smallest absolute Gasteiger partial charge is 0.156 e. The predicted octanol–water partition coefficient (Wildman–Crippen LogP) is 0.344. The summed E-state index contributed by atoms with van der Waals surface area (Å²) >= 11 is 0. The van der Waals surface area contributed by atoms with Gasteiger partial charge in [-0.05, 0) is 18.6 Å². The zero-order valence-corrected chi connectivity index (χ0v) is 8.87. The third-order valence-electron chi connectivity index (χ3n) is 1.63. The maximum atomic E-state index is 11.5. The molecule has 1 atom stereocenters. The lowest BCUT2D eigenvalue weighted by atomic mass is 10.3. The van der Waals surface area contributed by atoms with Crippen molar-refractivity contribution >= 4 is 9.84 Å². The third-order valence-corrected chi connectivity index (χ3v) is 3.43. The number of hydrogen-bond donors (Lipinski definition) is 1. The van der Waals surface area contributed by atoms with Gasteiger partial charge in [0, 0.05) is 18.4 Å². The largest absolute Gasteiger partial charge is 0.327 e. The van der Waals surface area contributed by atoms with Crippen LogP contribution in [-0.2, 0) is 15.6 Å². The minimum Gasteiger partial charge on any atom is -0.327 e. The summed E-state index contributed by atoms with van der Waals surface area (Å²) in [5, 5.41) is 0. The minimum atomic E-state index is -3.10. The Bertz CT molecular complexity index is 373. The van der Waals surface area contributed by atoms with Crippen LogP contribution in [0.15, 0.2) is 24.5 Å². The molecule has 0 fully saturated rings. The lowest BCUT2D eigenvalue weighted by Crippen LogP contribution is -2.27. The number of pyridine rings is 1. The first kappa shape index (κ1) is 11.1. The fourth-order valence-electron chi connectivity index (χ4n) is 1.20. The molecule has 0 aliphatic rings. The summed E-state index contributed by atoms with van der Waals surface area (Å²) in [6.45, 7) is 1.68. The minimum absolute atomic E-state index is 0.0158. The molecule has 0 bridgehead atoms. The summed E-state index contributed by atoms with van der Waals surface area (Å²) in [6.07, 6.45) is 3.17. The van der Waals surface area contributed by atoms with E-state index in [-0.39, 0.29) is 17.5 Å². The molecule has 0 saturated carbocycles. The number of nitrogens with two attached hydrogens (primary N) is 1. The Labute approximate surface area is 84.1 Å². The maximum absolute atomic E-state index is 11.5. The number of aromatic nitrogens is 1. The zero-order chi connectivity index (χ0) is 10.6. The molecule has 1 aromatic heterocycles. The number of rotatable bonds is 4. The molecule has 0 aliphatic carbocycles. The van der Waals surface area contributed by atoms with E-state index in [1.165, 1.54) is 0 Å². The Morgan fingerprint density at radius 1 is 1.57 bits per heavy atom. The van der Waals surface area contributed by atoms with Crippen molar-refractivity contribution in [2.75, 3.05) is 5.75 Å². The summed E-state index contributed by atoms with van der Waals surface area (Å²) in [5.74, 6) is 0.0320. The van der Waals surface area contributed by atoms with E-state index in [9.17, 15) is 8.42 Å². The van der Waals surface area contributed by atoms with Crippen LogP contribution in [0.5, 0.6) is 0 Å². The molecule has 0 saturated heterocycles. The van der Waals surface area contributed by atoms with Crippen LogP contribution in [0.4, 0.5) is 0 Å². The van der Waals surface area contributed by atoms with Crippen LogP contribution in [0.2, 0.25) is 0 Å². The number of nitrogens with zero attached hydrogens (tertiary/aromatic N) is 1. The Kier molecular flexibility index (Phi) is 3.60. The van der Waals surface area contributed by atoms with Gasteiger partial charge < -0.3 is 5.73 Å². The van der Waals surface area contributed by atoms with E-state index in [0.29, 0.717) is 5.56 Å². The molecule has 14 heavy (non-hydrogen) atoms. The van der Waals surface area contributed by atoms with Crippen molar-refractivity contribution in [2.45, 2.75) is 18.7 Å². The van der Waals surface area contributed by atoms with Gasteiger partial charge >= 0.3 is 0 Å². The van der Waals surface area contributed by atoms with Crippen LogP contribution in [-0.4, -0.2) is 25.2 Å². The first-order valence-corrected chi connectivity index (χ1v) is 6.16. The van der Waals surface area contributed by atoms with Crippen LogP contribution in [0, 0.1) is 0 Å². The summed E-state index contributed by atoms with van der Waals surface area (Å²) in [5.41, 5.74) is 6.14. The summed E-state index contributed by atoms with van der Waals surface area (Å²) in [6, 6.07) is 3.14. The van der Waals surface area contributed by atoms with Crippen molar-refractivity contribution in [1.82, 2.24) is 4.98 Å². The molecular weight excluding hydrogens is 200 g/mol. The number of sulfone groups is 1. The van der Waals surface area contributed by atoms with Gasteiger partial charge in [0.25, 0.3) is 0 Å². The van der Waals surface area contributed by atoms with E-state index >= 15 is 0 Å². The Balaban J connectivity index is 2.70. The highest BCUT2D eigenvalue weighted by Crippen LogP contribution is 2.05. The van der Waals surface area contributed by atoms with Gasteiger partial charge in [0.15, 0.2) is 9.84 Å². The molecule has 1 heterocycles. The molecule has 1 aromatic rings. The molecule has 78 valence electrons. The molecule has 0 spiro atoms. The quantitative estimate of drug-likeness (QED) is 0.784. The van der Waals surface area contributed by atoms with Gasteiger partial charge in [-0.3, -0.25) is 4.98 Å². The van der Waals surface area contributed by atoms with Crippen molar-refractivity contribution in [3.63, 3.8) is 0 Å². The summed E-state index contributed by atoms with van der Waals surface area (Å²) < 4.78 is 23.0. The van der Waals surface area contributed by atoms with Gasteiger partial charge in [-0.2, -0.15) is 0 Å². The normalized spacial score (nSPS) is 13.9. The van der Waals surface area contributed by atoms with Gasteiger partial charge in [-0.15, -0.1) is 0 Å². The zero-order valence-electron chi connectivity index (χ0n) is 8.05. The Morgan fingerprint density at radius 2 is 2.29 bits per heavy atom. The molecule has 5 heteroatoms. The Hall–Kier alpha value is -0.940.